The highest BCUT2D eigenvalue weighted by Crippen LogP contribution is 2.50. The van der Waals surface area contributed by atoms with Crippen molar-refractivity contribution in [1.29, 1.82) is 0 Å². The van der Waals surface area contributed by atoms with Gasteiger partial charge in [-0.3, -0.25) is 9.36 Å². The Morgan fingerprint density at radius 1 is 1.21 bits per heavy atom. The number of hydrogen-bond acceptors (Lipinski definition) is 4. The van der Waals surface area contributed by atoms with Crippen molar-refractivity contribution in [2.75, 3.05) is 6.16 Å². The van der Waals surface area contributed by atoms with Gasteiger partial charge in [0.15, 0.2) is 0 Å². The van der Waals surface area contributed by atoms with E-state index in [0.29, 0.717) is 0 Å². The molecule has 0 saturated heterocycles. The smallest absolute Gasteiger partial charge is 0.305 e. The molecule has 0 aliphatic carbocycles. The molecule has 0 N–H and O–H groups in total. The molecule has 0 aliphatic heterocycles. The third kappa shape index (κ3) is 6.55. The molecule has 0 bridgehead atoms. The molecule has 0 atom stereocenters. The van der Waals surface area contributed by atoms with E-state index < -0.39 is 12.8 Å². The van der Waals surface area contributed by atoms with Crippen molar-refractivity contribution >= 4 is 24.4 Å². The van der Waals surface area contributed by atoms with Crippen LogP contribution >= 0.6 is 19.2 Å². The molecule has 14 heavy (non-hydrogen) atoms. The quantitative estimate of drug-likeness (QED) is 0.531. The molecule has 4 nitrogen and oxygen atoms in total. The van der Waals surface area contributed by atoms with Crippen LogP contribution in [0.15, 0.2) is 0 Å². The van der Waals surface area contributed by atoms with Gasteiger partial charge in [0.05, 0.1) is 12.2 Å². The predicted octanol–water partition coefficient (Wildman–Crippen LogP) is 2.79. The van der Waals surface area contributed by atoms with Gasteiger partial charge in [0.2, 0.25) is 5.24 Å². The van der Waals surface area contributed by atoms with Crippen molar-refractivity contribution in [2.45, 2.75) is 39.9 Å². The molecule has 0 aliphatic rings. The normalized spacial score (nSPS) is 12.5. The van der Waals surface area contributed by atoms with Gasteiger partial charge in [-0.2, -0.15) is 0 Å². The molecule has 0 spiro atoms. The Morgan fingerprint density at radius 3 is 1.79 bits per heavy atom. The standard InChI is InChI=1S/C8H16ClO4P/c1-6(2)12-14(11,5-8(9)10)13-7(3)4/h6-7H,5H2,1-4H3. The zero-order chi connectivity index (χ0) is 11.4. The number of hydrogen-bond donors (Lipinski definition) is 0. The first-order chi connectivity index (χ1) is 6.25. The highest BCUT2D eigenvalue weighted by molar-refractivity contribution is 7.55. The zero-order valence-corrected chi connectivity index (χ0v) is 10.5. The lowest BCUT2D eigenvalue weighted by Crippen LogP contribution is -2.12. The van der Waals surface area contributed by atoms with E-state index >= 15 is 0 Å². The molecule has 0 aromatic rings. The lowest BCUT2D eigenvalue weighted by Gasteiger charge is -2.21. The molecule has 0 rings (SSSR count). The summed E-state index contributed by atoms with van der Waals surface area (Å²) in [7, 11) is -3.37. The Labute approximate surface area is 89.4 Å². The fourth-order valence-electron chi connectivity index (χ4n) is 0.894. The maximum absolute atomic E-state index is 11.9. The minimum atomic E-state index is -3.37. The van der Waals surface area contributed by atoms with E-state index in [2.05, 4.69) is 0 Å². The summed E-state index contributed by atoms with van der Waals surface area (Å²) < 4.78 is 22.1. The fourth-order valence-corrected chi connectivity index (χ4v) is 3.12. The minimum absolute atomic E-state index is 0.268. The van der Waals surface area contributed by atoms with Crippen molar-refractivity contribution in [3.8, 4) is 0 Å². The van der Waals surface area contributed by atoms with Crippen LogP contribution < -0.4 is 0 Å². The van der Waals surface area contributed by atoms with E-state index in [1.807, 2.05) is 0 Å². The van der Waals surface area contributed by atoms with E-state index in [9.17, 15) is 9.36 Å². The Hall–Kier alpha value is 0.110. The molecule has 0 aromatic carbocycles. The molecule has 0 fully saturated rings. The van der Waals surface area contributed by atoms with Crippen molar-refractivity contribution in [3.05, 3.63) is 0 Å². The second-order valence-electron chi connectivity index (χ2n) is 3.43. The van der Waals surface area contributed by atoms with E-state index in [0.717, 1.165) is 0 Å². The van der Waals surface area contributed by atoms with Crippen molar-refractivity contribution < 1.29 is 18.4 Å². The van der Waals surface area contributed by atoms with Crippen LogP contribution in [0.25, 0.3) is 0 Å². The SMILES string of the molecule is CC(C)OP(=O)(CC(=O)Cl)OC(C)C. The van der Waals surface area contributed by atoms with Gasteiger partial charge in [0.25, 0.3) is 0 Å². The lowest BCUT2D eigenvalue weighted by molar-refractivity contribution is -0.109. The number of carbonyl (C=O) groups is 1. The number of carbonyl (C=O) groups excluding carboxylic acids is 1. The molecule has 6 heteroatoms. The van der Waals surface area contributed by atoms with Gasteiger partial charge < -0.3 is 9.05 Å². The summed E-state index contributed by atoms with van der Waals surface area (Å²) in [6, 6.07) is 0. The Bertz CT molecular complexity index is 225. The summed E-state index contributed by atoms with van der Waals surface area (Å²) in [4.78, 5) is 10.7. The van der Waals surface area contributed by atoms with Crippen LogP contribution in [0.3, 0.4) is 0 Å². The zero-order valence-electron chi connectivity index (χ0n) is 8.82. The van der Waals surface area contributed by atoms with Crippen LogP contribution in [0.1, 0.15) is 27.7 Å². The number of halogens is 1. The van der Waals surface area contributed by atoms with Crippen LogP contribution in [0.4, 0.5) is 0 Å². The van der Waals surface area contributed by atoms with Crippen LogP contribution in [0, 0.1) is 0 Å². The van der Waals surface area contributed by atoms with Gasteiger partial charge in [0.1, 0.15) is 6.16 Å². The molecule has 0 radical (unpaired) electrons. The second kappa shape index (κ2) is 5.86. The summed E-state index contributed by atoms with van der Waals surface area (Å²) in [5, 5.41) is -0.713. The molecule has 0 aromatic heterocycles. The van der Waals surface area contributed by atoms with Gasteiger partial charge in [-0.25, -0.2) is 0 Å². The minimum Gasteiger partial charge on any atom is -0.305 e. The van der Waals surface area contributed by atoms with Crippen LogP contribution in [-0.2, 0) is 18.4 Å². The van der Waals surface area contributed by atoms with Crippen LogP contribution in [-0.4, -0.2) is 23.6 Å². The van der Waals surface area contributed by atoms with Gasteiger partial charge in [-0.05, 0) is 39.3 Å². The van der Waals surface area contributed by atoms with E-state index in [1.165, 1.54) is 0 Å². The molecular formula is C8H16ClO4P. The van der Waals surface area contributed by atoms with Crippen molar-refractivity contribution in [3.63, 3.8) is 0 Å². The van der Waals surface area contributed by atoms with Crippen molar-refractivity contribution in [2.24, 2.45) is 0 Å². The third-order valence-corrected chi connectivity index (χ3v) is 3.54. The Kier molecular flexibility index (Phi) is 5.91. The van der Waals surface area contributed by atoms with Gasteiger partial charge in [0, 0.05) is 0 Å². The van der Waals surface area contributed by atoms with Crippen molar-refractivity contribution in [1.82, 2.24) is 0 Å². The molecule has 0 saturated carbocycles. The summed E-state index contributed by atoms with van der Waals surface area (Å²) in [5.41, 5.74) is 0. The highest BCUT2D eigenvalue weighted by Gasteiger charge is 2.30. The molecular weight excluding hydrogens is 227 g/mol. The first kappa shape index (κ1) is 14.1. The summed E-state index contributed by atoms with van der Waals surface area (Å²) >= 11 is 5.16. The van der Waals surface area contributed by atoms with Gasteiger partial charge >= 0.3 is 7.60 Å². The average Bonchev–Trinajstić information content (AvgIpc) is 1.76. The van der Waals surface area contributed by atoms with Gasteiger partial charge in [-0.15, -0.1) is 0 Å². The van der Waals surface area contributed by atoms with Crippen LogP contribution in [0.5, 0.6) is 0 Å². The maximum Gasteiger partial charge on any atom is 0.339 e. The average molecular weight is 243 g/mol. The maximum atomic E-state index is 11.9. The first-order valence-electron chi connectivity index (χ1n) is 4.39. The van der Waals surface area contributed by atoms with E-state index in [-0.39, 0.29) is 18.4 Å². The predicted molar refractivity (Wildman–Crippen MR) is 55.8 cm³/mol. The molecule has 0 amide bonds. The van der Waals surface area contributed by atoms with E-state index in [4.69, 9.17) is 20.6 Å². The Balaban J connectivity index is 4.49. The number of rotatable bonds is 6. The first-order valence-corrected chi connectivity index (χ1v) is 6.50. The van der Waals surface area contributed by atoms with Gasteiger partial charge in [-0.1, -0.05) is 0 Å². The van der Waals surface area contributed by atoms with E-state index in [1.54, 1.807) is 27.7 Å². The highest BCUT2D eigenvalue weighted by atomic mass is 35.5. The largest absolute Gasteiger partial charge is 0.339 e. The summed E-state index contributed by atoms with van der Waals surface area (Å²) in [5.74, 6) is 0. The lowest BCUT2D eigenvalue weighted by atomic mass is 10.5. The third-order valence-electron chi connectivity index (χ3n) is 1.06. The topological polar surface area (TPSA) is 52.6 Å². The molecule has 84 valence electrons. The second-order valence-corrected chi connectivity index (χ2v) is 5.81. The Morgan fingerprint density at radius 2 is 1.57 bits per heavy atom. The fraction of sp³-hybridized carbons (Fsp3) is 0.875. The molecule has 0 unspecified atom stereocenters. The van der Waals surface area contributed by atoms with Crippen LogP contribution in [0.2, 0.25) is 0 Å². The monoisotopic (exact) mass is 242 g/mol. The summed E-state index contributed by atoms with van der Waals surface area (Å²) in [6.45, 7) is 6.87. The summed E-state index contributed by atoms with van der Waals surface area (Å²) in [6.07, 6.45) is -0.920. The molecule has 0 heterocycles.